The number of hydrogen-bond donors (Lipinski definition) is 1. The molecule has 0 heterocycles. The Balaban J connectivity index is -0.000000211. The van der Waals surface area contributed by atoms with Crippen molar-refractivity contribution in [1.29, 1.82) is 0 Å². The maximum atomic E-state index is 11.8. The Labute approximate surface area is 599 Å². The molecule has 0 radical (unpaired) electrons. The molecule has 0 saturated heterocycles. The minimum atomic E-state index is -10.7. The van der Waals surface area contributed by atoms with E-state index < -0.39 is 60.0 Å². The molecule has 1 atom stereocenters. The Hall–Kier alpha value is -5.71. The summed E-state index contributed by atoms with van der Waals surface area (Å²) in [4.78, 5) is 114. The van der Waals surface area contributed by atoms with Crippen LogP contribution in [0.25, 0.3) is 0 Å². The van der Waals surface area contributed by atoms with Crippen molar-refractivity contribution in [3.05, 3.63) is 12.2 Å². The summed E-state index contributed by atoms with van der Waals surface area (Å²) in [5.74, 6) is -3.28. The summed E-state index contributed by atoms with van der Waals surface area (Å²) in [5.41, 5.74) is -2.83. The monoisotopic (exact) mass is 1500 g/mol. The second kappa shape index (κ2) is 53.1. The predicted octanol–water partition coefficient (Wildman–Crippen LogP) is 14.7. The van der Waals surface area contributed by atoms with Crippen LogP contribution in [0.2, 0.25) is 0 Å². The summed E-state index contributed by atoms with van der Waals surface area (Å²) < 4.78 is 120. The molecular weight excluding hydrogens is 1370 g/mol. The first kappa shape index (κ1) is 109. The van der Waals surface area contributed by atoms with Crippen LogP contribution in [0.5, 0.6) is 0 Å². The molecule has 0 aromatic heterocycles. The first-order valence-electron chi connectivity index (χ1n) is 34.2. The average Bonchev–Trinajstić information content (AvgIpc) is 0.795. The molecule has 0 rings (SSSR count). The van der Waals surface area contributed by atoms with Gasteiger partial charge in [0.25, 0.3) is 0 Å². The number of hydrogen-bond acceptors (Lipinski definition) is 23. The quantitative estimate of drug-likeness (QED) is 0.0113. The number of unbranched alkanes of at least 4 members (excludes halogenated alkanes) is 1. The Kier molecular flexibility index (Phi) is 57.2. The van der Waals surface area contributed by atoms with Gasteiger partial charge >= 0.3 is 92.7 Å². The molecule has 0 fully saturated rings. The zero-order valence-corrected chi connectivity index (χ0v) is 66.9. The van der Waals surface area contributed by atoms with E-state index in [1.165, 1.54) is 26.9 Å². The van der Waals surface area contributed by atoms with E-state index in [1.807, 2.05) is 96.9 Å². The molecule has 602 valence electrons. The van der Waals surface area contributed by atoms with Crippen molar-refractivity contribution in [2.75, 3.05) is 121 Å². The van der Waals surface area contributed by atoms with Crippen LogP contribution in [-0.2, 0) is 105 Å². The molecule has 0 saturated carbocycles. The summed E-state index contributed by atoms with van der Waals surface area (Å²) in [6, 6.07) is 0. The summed E-state index contributed by atoms with van der Waals surface area (Å²) in [6.45, 7) is 47.6. The number of rotatable bonds is 40. The minimum absolute atomic E-state index is 0.0736. The SMILES string of the molecule is C=C(C)C(=O)OCC(O)COC(=O)C(C)(C)CC.CCC(=O)OCC(COC(=O)CC)(COC(=O)CC)COC(=O)CC.CCC(C)(C)C(=O)OC.CCC(C)(C)C(=O)OCCOCCOC.CCCC[N+](C)(C)CCOC(=O)C(C)(C)CC.CCOC(=O)C(C)(C)CC.F[P-](F)(F)(F)(F)F. The van der Waals surface area contributed by atoms with Gasteiger partial charge in [0.1, 0.15) is 70.9 Å². The fourth-order valence-corrected chi connectivity index (χ4v) is 5.54. The second-order valence-corrected chi connectivity index (χ2v) is 29.1. The number of methoxy groups -OCH3 is 2. The van der Waals surface area contributed by atoms with Crippen LogP contribution < -0.4 is 0 Å². The van der Waals surface area contributed by atoms with E-state index in [-0.39, 0.29) is 117 Å². The number of halogens is 6. The van der Waals surface area contributed by atoms with E-state index >= 15 is 0 Å². The molecule has 1 N–H and O–H groups in total. The number of nitrogens with zero attached hydrogens (tertiary/aromatic N) is 1. The van der Waals surface area contributed by atoms with Crippen LogP contribution in [-0.4, -0.2) is 196 Å². The summed E-state index contributed by atoms with van der Waals surface area (Å²) in [5, 5.41) is 9.48. The molecule has 101 heavy (non-hydrogen) atoms. The molecule has 0 aromatic rings. The van der Waals surface area contributed by atoms with E-state index in [9.17, 15) is 78.2 Å². The number of quaternary nitrogens is 1. The first-order chi connectivity index (χ1) is 45.8. The Bertz CT molecular complexity index is 2310. The van der Waals surface area contributed by atoms with Crippen molar-refractivity contribution in [3.8, 4) is 0 Å². The van der Waals surface area contributed by atoms with Gasteiger partial charge in [0, 0.05) is 38.4 Å². The van der Waals surface area contributed by atoms with Gasteiger partial charge in [-0.15, -0.1) is 0 Å². The Morgan fingerprint density at radius 3 is 1.00 bits per heavy atom. The molecule has 0 bridgehead atoms. The number of carbonyl (C=O) groups excluding carboxylic acids is 10. The number of carbonyl (C=O) groups is 10. The van der Waals surface area contributed by atoms with Gasteiger partial charge in [0.15, 0.2) is 0 Å². The standard InChI is InChI=1S/C17H28O8.C14H30NO2.C13H22O5.C11H22O4.C8H16O2.C7H14O2.F6P/c1-5-13(18)22-9-17(10-23-14(19)6-2,11-24-15(20)7-3)12-25-16(21)8-4;1-7-9-10-15(5,6)11-12-17-13(16)14(3,4)8-2;1-6-13(4,5)12(16)18-8-10(14)7-17-11(15)9(2)3;1-5-11(2,3)10(12)15-9-8-14-7-6-13-4;1-5-8(3,4)7(9)10-6-2;1-5-7(2,3)6(8)9-4;1-7(2,3,4,5)6/h5-12H2,1-4H3;7-12H2,1-6H3;10,14H,2,6-8H2,1,3-5H3;5-9H2,1-4H3;5-6H2,1-4H3;5H2,1-4H3;/q;+1;;;;;-1. The second-order valence-electron chi connectivity index (χ2n) is 27.2. The Morgan fingerprint density at radius 2 is 0.723 bits per heavy atom. The van der Waals surface area contributed by atoms with Gasteiger partial charge < -0.3 is 66.4 Å². The van der Waals surface area contributed by atoms with Crippen LogP contribution >= 0.6 is 7.81 Å². The zero-order valence-electron chi connectivity index (χ0n) is 66.1. The van der Waals surface area contributed by atoms with Crippen molar-refractivity contribution in [3.63, 3.8) is 0 Å². The number of esters is 10. The summed E-state index contributed by atoms with van der Waals surface area (Å²) in [6.07, 6.45) is 5.94. The molecule has 0 amide bonds. The number of ether oxygens (including phenoxy) is 12. The molecule has 0 spiro atoms. The molecule has 24 nitrogen and oxygen atoms in total. The third-order valence-corrected chi connectivity index (χ3v) is 15.1. The van der Waals surface area contributed by atoms with Crippen molar-refractivity contribution >= 4 is 67.5 Å². The van der Waals surface area contributed by atoms with E-state index in [1.54, 1.807) is 48.7 Å². The van der Waals surface area contributed by atoms with Crippen molar-refractivity contribution in [1.82, 2.24) is 0 Å². The topological polar surface area (TPSA) is 302 Å². The van der Waals surface area contributed by atoms with Crippen LogP contribution in [0, 0.1) is 32.5 Å². The number of likely N-dealkylation sites (N-methyl/N-ethyl adjacent to an activating group) is 1. The van der Waals surface area contributed by atoms with Gasteiger partial charge in [0.2, 0.25) is 0 Å². The van der Waals surface area contributed by atoms with Gasteiger partial charge in [-0.05, 0) is 122 Å². The summed E-state index contributed by atoms with van der Waals surface area (Å²) in [7, 11) is -3.24. The van der Waals surface area contributed by atoms with Gasteiger partial charge in [-0.25, -0.2) is 4.79 Å². The Morgan fingerprint density at radius 1 is 0.426 bits per heavy atom. The van der Waals surface area contributed by atoms with E-state index in [2.05, 4.69) is 32.3 Å². The van der Waals surface area contributed by atoms with Gasteiger partial charge in [-0.1, -0.05) is 82.2 Å². The third-order valence-electron chi connectivity index (χ3n) is 15.1. The van der Waals surface area contributed by atoms with E-state index in [4.69, 9.17) is 52.1 Å². The normalized spacial score (nSPS) is 12.4. The van der Waals surface area contributed by atoms with Crippen LogP contribution in [0.15, 0.2) is 12.2 Å². The average molecular weight is 1500 g/mol. The van der Waals surface area contributed by atoms with Crippen LogP contribution in [0.3, 0.4) is 0 Å². The molecule has 0 aliphatic carbocycles. The predicted molar refractivity (Wildman–Crippen MR) is 374 cm³/mol. The molecular formula is C70H132F6NO23P. The summed E-state index contributed by atoms with van der Waals surface area (Å²) >= 11 is 0. The van der Waals surface area contributed by atoms with Crippen molar-refractivity contribution < 1.29 is 140 Å². The van der Waals surface area contributed by atoms with Crippen molar-refractivity contribution in [2.24, 2.45) is 32.5 Å². The molecule has 0 aromatic carbocycles. The molecule has 31 heteroatoms. The first-order valence-corrected chi connectivity index (χ1v) is 36.2. The number of aliphatic hydroxyl groups is 1. The molecule has 0 aliphatic heterocycles. The zero-order chi connectivity index (χ0) is 81.0. The van der Waals surface area contributed by atoms with Crippen LogP contribution in [0.4, 0.5) is 25.2 Å². The van der Waals surface area contributed by atoms with E-state index in [0.29, 0.717) is 46.1 Å². The van der Waals surface area contributed by atoms with Gasteiger partial charge in [-0.3, -0.25) is 43.2 Å². The van der Waals surface area contributed by atoms with Gasteiger partial charge in [-0.2, -0.15) is 0 Å². The maximum absolute atomic E-state index is 11.8. The number of aliphatic hydroxyl groups excluding tert-OH is 1. The fourth-order valence-electron chi connectivity index (χ4n) is 5.54. The fraction of sp³-hybridized carbons (Fsp3) is 0.829. The van der Waals surface area contributed by atoms with Gasteiger partial charge in [0.05, 0.1) is 81.3 Å². The molecule has 1 unspecified atom stereocenters. The van der Waals surface area contributed by atoms with E-state index in [0.717, 1.165) is 43.3 Å². The molecule has 0 aliphatic rings. The van der Waals surface area contributed by atoms with Crippen molar-refractivity contribution in [2.45, 2.75) is 229 Å². The van der Waals surface area contributed by atoms with Crippen LogP contribution in [0.1, 0.15) is 223 Å². The third kappa shape index (κ3) is 66.0.